The number of carbonyl (C=O) groups is 1. The summed E-state index contributed by atoms with van der Waals surface area (Å²) in [5, 5.41) is 2.76. The van der Waals surface area contributed by atoms with E-state index >= 15 is 0 Å². The molecule has 2 aromatic carbocycles. The topological polar surface area (TPSA) is 134 Å². The van der Waals surface area contributed by atoms with E-state index in [1.165, 1.54) is 0 Å². The predicted molar refractivity (Wildman–Crippen MR) is 152 cm³/mol. The number of nitrogens with one attached hydrogen (secondary N) is 1. The summed E-state index contributed by atoms with van der Waals surface area (Å²) in [4.78, 5) is 17.9. The highest BCUT2D eigenvalue weighted by atomic mass is 35.5. The van der Waals surface area contributed by atoms with Crippen LogP contribution in [-0.4, -0.2) is 63.9 Å². The van der Waals surface area contributed by atoms with Crippen molar-refractivity contribution in [1.82, 2.24) is 20.0 Å². The number of piperidine rings is 1. The second-order valence-electron chi connectivity index (χ2n) is 9.33. The lowest BCUT2D eigenvalue weighted by Gasteiger charge is -2.26. The molecule has 1 aliphatic heterocycles. The van der Waals surface area contributed by atoms with Gasteiger partial charge in [0.05, 0.1) is 17.3 Å². The zero-order valence-corrected chi connectivity index (χ0v) is 24.7. The Labute approximate surface area is 250 Å². The molecule has 0 atom stereocenters. The number of alkyl halides is 3. The minimum Gasteiger partial charge on any atom is -0.494 e. The first kappa shape index (κ1) is 33.6. The molecule has 3 aromatic rings. The van der Waals surface area contributed by atoms with Crippen LogP contribution in [0.15, 0.2) is 42.5 Å². The SMILES string of the molecule is Cc1c(C(=O)NN2CCCCC2)nc(-c2ccc(Cl)cc2Cl)n1-c1ccc(OCCCC(F)(F)F)cc1.O=S(=O)(O)O. The standard InChI is InChI=1S/C26H27Cl2F3N4O2.H2O4S/c1-17-23(25(36)33-34-13-3-2-4-14-34)32-24(21-11-6-18(27)16-22(21)28)35(17)19-7-9-20(10-8-19)37-15-5-12-26(29,30)31;1-5(2,3)4/h6-11,16H,2-5,12-15H2,1H3,(H,33,36);(H2,1,2,3,4). The molecule has 0 unspecified atom stereocenters. The first-order valence-electron chi connectivity index (χ1n) is 12.7. The molecule has 0 aliphatic carbocycles. The number of nitrogens with zero attached hydrogens (tertiary/aromatic N) is 3. The lowest BCUT2D eigenvalue weighted by molar-refractivity contribution is -0.136. The highest BCUT2D eigenvalue weighted by molar-refractivity contribution is 7.79. The van der Waals surface area contributed by atoms with Gasteiger partial charge in [0.2, 0.25) is 0 Å². The van der Waals surface area contributed by atoms with E-state index in [0.29, 0.717) is 38.6 Å². The number of hydrazine groups is 1. The van der Waals surface area contributed by atoms with Gasteiger partial charge in [0, 0.05) is 35.8 Å². The first-order valence-corrected chi connectivity index (χ1v) is 14.9. The molecule has 0 saturated carbocycles. The molecule has 16 heteroatoms. The van der Waals surface area contributed by atoms with E-state index < -0.39 is 23.0 Å². The van der Waals surface area contributed by atoms with Gasteiger partial charge in [0.1, 0.15) is 11.6 Å². The van der Waals surface area contributed by atoms with Crippen LogP contribution in [0.3, 0.4) is 0 Å². The summed E-state index contributed by atoms with van der Waals surface area (Å²) in [6.45, 7) is 3.32. The third-order valence-electron chi connectivity index (χ3n) is 6.08. The van der Waals surface area contributed by atoms with Crippen molar-refractivity contribution >= 4 is 39.5 Å². The molecule has 3 N–H and O–H groups in total. The van der Waals surface area contributed by atoms with Crippen molar-refractivity contribution in [2.75, 3.05) is 19.7 Å². The van der Waals surface area contributed by atoms with Crippen molar-refractivity contribution in [1.29, 1.82) is 0 Å². The van der Waals surface area contributed by atoms with E-state index in [0.717, 1.165) is 32.4 Å². The second-order valence-corrected chi connectivity index (χ2v) is 11.1. The number of aromatic nitrogens is 2. The Kier molecular flexibility index (Phi) is 11.6. The lowest BCUT2D eigenvalue weighted by atomic mass is 10.2. The maximum absolute atomic E-state index is 13.2. The minimum absolute atomic E-state index is 0.0462. The summed E-state index contributed by atoms with van der Waals surface area (Å²) in [6.07, 6.45) is -2.05. The van der Waals surface area contributed by atoms with Crippen molar-refractivity contribution in [2.24, 2.45) is 0 Å². The van der Waals surface area contributed by atoms with Crippen molar-refractivity contribution in [3.05, 3.63) is 63.9 Å². The van der Waals surface area contributed by atoms with Crippen molar-refractivity contribution in [3.8, 4) is 22.8 Å². The summed E-state index contributed by atoms with van der Waals surface area (Å²) in [5.41, 5.74) is 5.11. The van der Waals surface area contributed by atoms with E-state index in [9.17, 15) is 18.0 Å². The van der Waals surface area contributed by atoms with Gasteiger partial charge in [-0.3, -0.25) is 23.9 Å². The molecule has 2 heterocycles. The fraction of sp³-hybridized carbons (Fsp3) is 0.385. The quantitative estimate of drug-likeness (QED) is 0.189. The maximum Gasteiger partial charge on any atom is 0.394 e. The van der Waals surface area contributed by atoms with E-state index in [4.69, 9.17) is 45.5 Å². The van der Waals surface area contributed by atoms with Gasteiger partial charge in [-0.05, 0) is 68.7 Å². The highest BCUT2D eigenvalue weighted by Gasteiger charge is 2.26. The molecule has 1 fully saturated rings. The molecular weight excluding hydrogens is 624 g/mol. The Bertz CT molecular complexity index is 1470. The normalized spacial score (nSPS) is 14.2. The van der Waals surface area contributed by atoms with Gasteiger partial charge in [-0.15, -0.1) is 0 Å². The summed E-state index contributed by atoms with van der Waals surface area (Å²) >= 11 is 12.6. The Morgan fingerprint density at radius 1 is 1.07 bits per heavy atom. The summed E-state index contributed by atoms with van der Waals surface area (Å²) in [5.74, 6) is 0.591. The fourth-order valence-corrected chi connectivity index (χ4v) is 4.73. The lowest BCUT2D eigenvalue weighted by Crippen LogP contribution is -2.45. The van der Waals surface area contributed by atoms with Crippen LogP contribution in [-0.2, 0) is 10.4 Å². The molecule has 0 spiro atoms. The van der Waals surface area contributed by atoms with Crippen LogP contribution in [0.1, 0.15) is 48.3 Å². The molecule has 0 bridgehead atoms. The van der Waals surface area contributed by atoms with Gasteiger partial charge < -0.3 is 4.74 Å². The largest absolute Gasteiger partial charge is 0.494 e. The summed E-state index contributed by atoms with van der Waals surface area (Å²) in [6, 6.07) is 11.9. The zero-order valence-electron chi connectivity index (χ0n) is 22.4. The Morgan fingerprint density at radius 2 is 1.69 bits per heavy atom. The molecule has 1 amide bonds. The number of amides is 1. The van der Waals surface area contributed by atoms with E-state index in [1.807, 2.05) is 9.58 Å². The summed E-state index contributed by atoms with van der Waals surface area (Å²) in [7, 11) is -4.67. The van der Waals surface area contributed by atoms with Crippen LogP contribution in [0.25, 0.3) is 17.1 Å². The monoisotopic (exact) mass is 652 g/mol. The van der Waals surface area contributed by atoms with Gasteiger partial charge in [0.15, 0.2) is 5.69 Å². The van der Waals surface area contributed by atoms with Crippen LogP contribution < -0.4 is 10.2 Å². The minimum atomic E-state index is -4.67. The maximum atomic E-state index is 13.2. The smallest absolute Gasteiger partial charge is 0.394 e. The number of imidazole rings is 1. The van der Waals surface area contributed by atoms with Gasteiger partial charge in [-0.2, -0.15) is 21.6 Å². The fourth-order valence-electron chi connectivity index (χ4n) is 4.24. The number of ether oxygens (including phenoxy) is 1. The molecule has 1 aromatic heterocycles. The molecule has 10 nitrogen and oxygen atoms in total. The molecule has 1 aliphatic rings. The van der Waals surface area contributed by atoms with Crippen LogP contribution in [0.5, 0.6) is 5.75 Å². The van der Waals surface area contributed by atoms with Crippen molar-refractivity contribution in [2.45, 2.75) is 45.2 Å². The molecule has 42 heavy (non-hydrogen) atoms. The third kappa shape index (κ3) is 10.4. The van der Waals surface area contributed by atoms with E-state index in [-0.39, 0.29) is 24.6 Å². The highest BCUT2D eigenvalue weighted by Crippen LogP contribution is 2.34. The number of benzene rings is 2. The third-order valence-corrected chi connectivity index (χ3v) is 6.63. The second kappa shape index (κ2) is 14.5. The number of carbonyl (C=O) groups excluding carboxylic acids is 1. The molecule has 230 valence electrons. The van der Waals surface area contributed by atoms with Crippen molar-refractivity contribution in [3.63, 3.8) is 0 Å². The number of rotatable bonds is 8. The van der Waals surface area contributed by atoms with E-state index in [2.05, 4.69) is 10.4 Å². The van der Waals surface area contributed by atoms with Crippen LogP contribution >= 0.6 is 23.2 Å². The van der Waals surface area contributed by atoms with Gasteiger partial charge in [-0.1, -0.05) is 29.6 Å². The van der Waals surface area contributed by atoms with E-state index in [1.54, 1.807) is 49.4 Å². The Hall–Kier alpha value is -2.88. The molecule has 1 saturated heterocycles. The Morgan fingerprint density at radius 3 is 2.26 bits per heavy atom. The number of halogens is 5. The first-order chi connectivity index (χ1) is 19.6. The van der Waals surface area contributed by atoms with Gasteiger partial charge >= 0.3 is 16.6 Å². The van der Waals surface area contributed by atoms with Crippen LogP contribution in [0.2, 0.25) is 10.0 Å². The zero-order chi connectivity index (χ0) is 31.1. The molecule has 0 radical (unpaired) electrons. The Balaban J connectivity index is 0.000000892. The van der Waals surface area contributed by atoms with Gasteiger partial charge in [0.25, 0.3) is 5.91 Å². The molecule has 4 rings (SSSR count). The number of hydrogen-bond donors (Lipinski definition) is 3. The predicted octanol–water partition coefficient (Wildman–Crippen LogP) is 6.35. The van der Waals surface area contributed by atoms with Crippen molar-refractivity contribution < 1.29 is 40.2 Å². The van der Waals surface area contributed by atoms with Gasteiger partial charge in [-0.25, -0.2) is 9.99 Å². The van der Waals surface area contributed by atoms with Crippen LogP contribution in [0.4, 0.5) is 13.2 Å². The average molecular weight is 654 g/mol. The number of hydrogen-bond acceptors (Lipinski definition) is 6. The average Bonchev–Trinajstić information content (AvgIpc) is 3.23. The molecular formula is C26H29Cl2F3N4O6S. The van der Waals surface area contributed by atoms with Crippen LogP contribution in [0, 0.1) is 6.92 Å². The summed E-state index contributed by atoms with van der Waals surface area (Å²) < 4.78 is 76.0.